The minimum absolute atomic E-state index is 0.642. The molecule has 0 aliphatic heterocycles. The lowest BCUT2D eigenvalue weighted by atomic mass is 10.2. The summed E-state index contributed by atoms with van der Waals surface area (Å²) in [6.07, 6.45) is 1.69. The molecule has 0 saturated carbocycles. The Kier molecular flexibility index (Phi) is 4.81. The molecule has 3 rings (SSSR count). The zero-order valence-corrected chi connectivity index (χ0v) is 14.8. The number of benzene rings is 2. The van der Waals surface area contributed by atoms with Crippen molar-refractivity contribution in [3.8, 4) is 11.5 Å². The summed E-state index contributed by atoms with van der Waals surface area (Å²) in [5, 5.41) is 3.40. The number of nitrogens with one attached hydrogen (secondary N) is 1. The normalized spacial score (nSPS) is 12.1. The van der Waals surface area contributed by atoms with Crippen LogP contribution in [0.1, 0.15) is 17.0 Å². The Morgan fingerprint density at radius 1 is 1.12 bits per heavy atom. The van der Waals surface area contributed by atoms with Crippen molar-refractivity contribution in [2.24, 2.45) is 0 Å². The third-order valence-corrected chi connectivity index (χ3v) is 4.83. The lowest BCUT2D eigenvalue weighted by molar-refractivity contribution is 0.541. The van der Waals surface area contributed by atoms with E-state index in [-0.39, 0.29) is 0 Å². The zero-order valence-electron chi connectivity index (χ0n) is 14.0. The quantitative estimate of drug-likeness (QED) is 0.752. The summed E-state index contributed by atoms with van der Waals surface area (Å²) < 4.78 is 17.1. The fourth-order valence-electron chi connectivity index (χ4n) is 2.36. The Balaban J connectivity index is 1.71. The maximum atomic E-state index is 11.4. The molecule has 0 saturated heterocycles. The molecule has 0 bridgehead atoms. The zero-order chi connectivity index (χ0) is 17.1. The number of anilines is 1. The Labute approximate surface area is 144 Å². The van der Waals surface area contributed by atoms with Gasteiger partial charge in [-0.05, 0) is 49.7 Å². The molecule has 24 heavy (non-hydrogen) atoms. The molecule has 1 N–H and O–H groups in total. The average molecular weight is 340 g/mol. The molecule has 0 fully saturated rings. The number of aryl methyl sites for hydroxylation is 2. The number of hydrogen-bond donors (Lipinski definition) is 1. The van der Waals surface area contributed by atoms with Crippen LogP contribution in [0.3, 0.4) is 0 Å². The van der Waals surface area contributed by atoms with E-state index in [0.717, 1.165) is 33.2 Å². The van der Waals surface area contributed by atoms with Crippen LogP contribution in [0.2, 0.25) is 0 Å². The number of aromatic nitrogens is 1. The molecule has 4 nitrogen and oxygen atoms in total. The lowest BCUT2D eigenvalue weighted by Crippen LogP contribution is -1.99. The van der Waals surface area contributed by atoms with Crippen LogP contribution >= 0.6 is 0 Å². The van der Waals surface area contributed by atoms with Gasteiger partial charge >= 0.3 is 0 Å². The number of rotatable bonds is 5. The molecule has 0 spiro atoms. The second-order valence-corrected chi connectivity index (χ2v) is 7.07. The minimum atomic E-state index is -0.939. The molecule has 124 valence electrons. The highest BCUT2D eigenvalue weighted by Gasteiger charge is 2.08. The van der Waals surface area contributed by atoms with E-state index in [1.165, 1.54) is 0 Å². The molecule has 0 aliphatic rings. The van der Waals surface area contributed by atoms with Crippen molar-refractivity contribution in [3.63, 3.8) is 0 Å². The maximum absolute atomic E-state index is 11.4. The largest absolute Gasteiger partial charge is 0.441 e. The van der Waals surface area contributed by atoms with Crippen molar-refractivity contribution in [3.05, 3.63) is 65.5 Å². The lowest BCUT2D eigenvalue weighted by Gasteiger charge is -2.08. The van der Waals surface area contributed by atoms with E-state index in [4.69, 9.17) is 4.42 Å². The Morgan fingerprint density at radius 2 is 1.88 bits per heavy atom. The van der Waals surface area contributed by atoms with Crippen LogP contribution < -0.4 is 5.32 Å². The standard InChI is InChI=1S/C19H20N2O2S/c1-13-14(2)23-19(21-13)16-5-4-6-17(11-16)20-12-15-7-9-18(10-8-15)24(3)22/h4-11,20H,12H2,1-3H3/t24-/m1/s1. The Morgan fingerprint density at radius 3 is 2.50 bits per heavy atom. The molecule has 5 heteroatoms. The van der Waals surface area contributed by atoms with Crippen molar-refractivity contribution in [1.82, 2.24) is 4.98 Å². The summed E-state index contributed by atoms with van der Waals surface area (Å²) in [6.45, 7) is 4.56. The third kappa shape index (κ3) is 3.74. The van der Waals surface area contributed by atoms with Crippen molar-refractivity contribution in [2.45, 2.75) is 25.3 Å². The van der Waals surface area contributed by atoms with Crippen molar-refractivity contribution in [1.29, 1.82) is 0 Å². The van der Waals surface area contributed by atoms with Crippen LogP contribution in [0.15, 0.2) is 57.8 Å². The average Bonchev–Trinajstić information content (AvgIpc) is 2.93. The van der Waals surface area contributed by atoms with E-state index >= 15 is 0 Å². The highest BCUT2D eigenvalue weighted by molar-refractivity contribution is 7.84. The predicted molar refractivity (Wildman–Crippen MR) is 97.5 cm³/mol. The highest BCUT2D eigenvalue weighted by Crippen LogP contribution is 2.24. The van der Waals surface area contributed by atoms with Gasteiger partial charge in [-0.15, -0.1) is 0 Å². The van der Waals surface area contributed by atoms with Gasteiger partial charge in [0.25, 0.3) is 0 Å². The van der Waals surface area contributed by atoms with Crippen LogP contribution in [-0.2, 0) is 17.3 Å². The van der Waals surface area contributed by atoms with E-state index < -0.39 is 10.8 Å². The van der Waals surface area contributed by atoms with E-state index in [0.29, 0.717) is 12.4 Å². The predicted octanol–water partition coefficient (Wildman–Crippen LogP) is 4.31. The summed E-state index contributed by atoms with van der Waals surface area (Å²) in [6, 6.07) is 15.8. The smallest absolute Gasteiger partial charge is 0.226 e. The first-order valence-electron chi connectivity index (χ1n) is 7.73. The molecule has 0 aliphatic carbocycles. The van der Waals surface area contributed by atoms with Gasteiger partial charge in [0.2, 0.25) is 5.89 Å². The molecule has 1 aromatic heterocycles. The molecule has 1 atom stereocenters. The van der Waals surface area contributed by atoms with Crippen molar-refractivity contribution >= 4 is 16.5 Å². The summed E-state index contributed by atoms with van der Waals surface area (Å²) in [7, 11) is -0.939. The van der Waals surface area contributed by atoms with Crippen LogP contribution in [0.4, 0.5) is 5.69 Å². The summed E-state index contributed by atoms with van der Waals surface area (Å²) in [4.78, 5) is 5.29. The molecule has 1 heterocycles. The van der Waals surface area contributed by atoms with Crippen LogP contribution in [0.25, 0.3) is 11.5 Å². The highest BCUT2D eigenvalue weighted by atomic mass is 32.2. The molecule has 0 amide bonds. The third-order valence-electron chi connectivity index (χ3n) is 3.89. The van der Waals surface area contributed by atoms with Gasteiger partial charge in [0, 0.05) is 39.7 Å². The first-order valence-corrected chi connectivity index (χ1v) is 9.29. The van der Waals surface area contributed by atoms with Crippen molar-refractivity contribution in [2.75, 3.05) is 11.6 Å². The first-order chi connectivity index (χ1) is 11.5. The molecule has 2 aromatic carbocycles. The van der Waals surface area contributed by atoms with Gasteiger partial charge in [-0.1, -0.05) is 18.2 Å². The van der Waals surface area contributed by atoms with Gasteiger partial charge in [-0.2, -0.15) is 0 Å². The van der Waals surface area contributed by atoms with Crippen LogP contribution in [0, 0.1) is 13.8 Å². The second kappa shape index (κ2) is 7.01. The van der Waals surface area contributed by atoms with Gasteiger partial charge in [0.15, 0.2) is 0 Å². The summed E-state index contributed by atoms with van der Waals surface area (Å²) in [5.41, 5.74) is 4.01. The maximum Gasteiger partial charge on any atom is 0.226 e. The SMILES string of the molecule is Cc1nc(-c2cccc(NCc3ccc([S@@](C)=O)cc3)c2)oc1C. The monoisotopic (exact) mass is 340 g/mol. The van der Waals surface area contributed by atoms with E-state index in [9.17, 15) is 4.21 Å². The topological polar surface area (TPSA) is 55.1 Å². The second-order valence-electron chi connectivity index (χ2n) is 5.69. The van der Waals surface area contributed by atoms with Crippen molar-refractivity contribution < 1.29 is 8.63 Å². The van der Waals surface area contributed by atoms with Gasteiger partial charge in [-0.25, -0.2) is 4.98 Å². The first kappa shape index (κ1) is 16.5. The van der Waals surface area contributed by atoms with E-state index in [2.05, 4.69) is 10.3 Å². The molecule has 3 aromatic rings. The fraction of sp³-hybridized carbons (Fsp3) is 0.211. The van der Waals surface area contributed by atoms with Crippen LogP contribution in [0.5, 0.6) is 0 Å². The van der Waals surface area contributed by atoms with E-state index in [1.54, 1.807) is 6.26 Å². The Bertz CT molecular complexity index is 850. The van der Waals surface area contributed by atoms with Crippen LogP contribution in [-0.4, -0.2) is 15.4 Å². The summed E-state index contributed by atoms with van der Waals surface area (Å²) in [5.74, 6) is 1.49. The molecule has 0 radical (unpaired) electrons. The summed E-state index contributed by atoms with van der Waals surface area (Å²) >= 11 is 0. The fourth-order valence-corrected chi connectivity index (χ4v) is 2.88. The number of nitrogens with zero attached hydrogens (tertiary/aromatic N) is 1. The van der Waals surface area contributed by atoms with Gasteiger partial charge in [-0.3, -0.25) is 4.21 Å². The van der Waals surface area contributed by atoms with Gasteiger partial charge in [0.05, 0.1) is 5.69 Å². The van der Waals surface area contributed by atoms with E-state index in [1.807, 2.05) is 62.4 Å². The molecular formula is C19H20N2O2S. The molecular weight excluding hydrogens is 320 g/mol. The molecule has 0 unspecified atom stereocenters. The number of oxazole rings is 1. The van der Waals surface area contributed by atoms with Gasteiger partial charge in [0.1, 0.15) is 5.76 Å². The Hall–Kier alpha value is -2.40. The number of hydrogen-bond acceptors (Lipinski definition) is 4. The minimum Gasteiger partial charge on any atom is -0.441 e. The van der Waals surface area contributed by atoms with Gasteiger partial charge < -0.3 is 9.73 Å².